The van der Waals surface area contributed by atoms with Crippen molar-refractivity contribution < 1.29 is 14.0 Å². The number of anilines is 1. The second kappa shape index (κ2) is 8.35. The molecule has 0 saturated carbocycles. The predicted molar refractivity (Wildman–Crippen MR) is 112 cm³/mol. The first-order valence-corrected chi connectivity index (χ1v) is 9.98. The quantitative estimate of drug-likeness (QED) is 0.653. The van der Waals surface area contributed by atoms with Gasteiger partial charge in [0.15, 0.2) is 5.76 Å². The molecule has 4 rings (SSSR count). The maximum atomic E-state index is 12.9. The maximum Gasteiger partial charge on any atom is 0.291 e. The highest BCUT2D eigenvalue weighted by atomic mass is 16.3. The summed E-state index contributed by atoms with van der Waals surface area (Å²) in [7, 11) is 0. The summed E-state index contributed by atoms with van der Waals surface area (Å²) in [5.41, 5.74) is 4.77. The molecule has 2 amide bonds. The molecular formula is C24H24N2O3. The van der Waals surface area contributed by atoms with Crippen molar-refractivity contribution in [1.29, 1.82) is 0 Å². The number of nitrogens with one attached hydrogen (secondary N) is 2. The van der Waals surface area contributed by atoms with Gasteiger partial charge in [0.1, 0.15) is 0 Å². The molecule has 0 spiro atoms. The summed E-state index contributed by atoms with van der Waals surface area (Å²) >= 11 is 0. The number of aryl methyl sites for hydroxylation is 2. The van der Waals surface area contributed by atoms with Gasteiger partial charge in [-0.15, -0.1) is 0 Å². The van der Waals surface area contributed by atoms with E-state index in [0.717, 1.165) is 18.4 Å². The zero-order chi connectivity index (χ0) is 20.2. The number of carbonyl (C=O) groups excluding carboxylic acids is 2. The second-order valence-electron chi connectivity index (χ2n) is 7.41. The zero-order valence-corrected chi connectivity index (χ0v) is 16.4. The average Bonchev–Trinajstić information content (AvgIpc) is 3.29. The molecule has 1 aliphatic rings. The van der Waals surface area contributed by atoms with Crippen LogP contribution in [-0.4, -0.2) is 11.8 Å². The van der Waals surface area contributed by atoms with Gasteiger partial charge >= 0.3 is 0 Å². The largest absolute Gasteiger partial charge is 0.459 e. The van der Waals surface area contributed by atoms with E-state index in [-0.39, 0.29) is 17.7 Å². The van der Waals surface area contributed by atoms with Crippen LogP contribution in [-0.2, 0) is 12.8 Å². The van der Waals surface area contributed by atoms with Crippen molar-refractivity contribution in [3.8, 4) is 0 Å². The highest BCUT2D eigenvalue weighted by Gasteiger charge is 2.18. The summed E-state index contributed by atoms with van der Waals surface area (Å²) < 4.78 is 5.12. The number of para-hydroxylation sites is 1. The Balaban J connectivity index is 1.49. The molecule has 1 aliphatic carbocycles. The Bertz CT molecular complexity index is 1020. The van der Waals surface area contributed by atoms with Crippen molar-refractivity contribution in [3.63, 3.8) is 0 Å². The SMILES string of the molecule is CC(NC(=O)c1ccccc1NC(=O)c1ccco1)c1ccc2c(c1)CCCC2. The molecule has 3 aromatic rings. The van der Waals surface area contributed by atoms with Gasteiger partial charge in [-0.05, 0) is 73.6 Å². The van der Waals surface area contributed by atoms with Crippen molar-refractivity contribution in [2.75, 3.05) is 5.32 Å². The summed E-state index contributed by atoms with van der Waals surface area (Å²) in [6.07, 6.45) is 6.15. The van der Waals surface area contributed by atoms with Crippen molar-refractivity contribution in [1.82, 2.24) is 5.32 Å². The summed E-state index contributed by atoms with van der Waals surface area (Å²) in [5.74, 6) is -0.425. The fraction of sp³-hybridized carbons (Fsp3) is 0.250. The van der Waals surface area contributed by atoms with Gasteiger partial charge in [-0.1, -0.05) is 30.3 Å². The van der Waals surface area contributed by atoms with E-state index in [0.29, 0.717) is 11.3 Å². The fourth-order valence-corrected chi connectivity index (χ4v) is 3.76. The lowest BCUT2D eigenvalue weighted by molar-refractivity contribution is 0.0940. The molecule has 0 fully saturated rings. The normalized spacial score (nSPS) is 14.0. The number of amides is 2. The minimum absolute atomic E-state index is 0.136. The zero-order valence-electron chi connectivity index (χ0n) is 16.4. The number of fused-ring (bicyclic) bond motifs is 1. The summed E-state index contributed by atoms with van der Waals surface area (Å²) in [4.78, 5) is 25.2. The molecule has 1 aromatic heterocycles. The molecule has 2 aromatic carbocycles. The van der Waals surface area contributed by atoms with Crippen LogP contribution >= 0.6 is 0 Å². The Morgan fingerprint density at radius 1 is 0.931 bits per heavy atom. The molecule has 5 heteroatoms. The minimum Gasteiger partial charge on any atom is -0.459 e. The van der Waals surface area contributed by atoms with Gasteiger partial charge in [0.2, 0.25) is 0 Å². The van der Waals surface area contributed by atoms with E-state index in [1.54, 1.807) is 36.4 Å². The third kappa shape index (κ3) is 4.24. The van der Waals surface area contributed by atoms with Crippen LogP contribution < -0.4 is 10.6 Å². The molecule has 5 nitrogen and oxygen atoms in total. The van der Waals surface area contributed by atoms with Crippen LogP contribution in [0.25, 0.3) is 0 Å². The van der Waals surface area contributed by atoms with E-state index >= 15 is 0 Å². The lowest BCUT2D eigenvalue weighted by Gasteiger charge is -2.20. The predicted octanol–water partition coefficient (Wildman–Crippen LogP) is 4.90. The van der Waals surface area contributed by atoms with Gasteiger partial charge in [0.25, 0.3) is 11.8 Å². The molecule has 2 N–H and O–H groups in total. The highest BCUT2D eigenvalue weighted by molar-refractivity contribution is 6.07. The van der Waals surface area contributed by atoms with Crippen LogP contribution in [0.4, 0.5) is 5.69 Å². The molecule has 0 bridgehead atoms. The third-order valence-electron chi connectivity index (χ3n) is 5.39. The molecule has 0 radical (unpaired) electrons. The Hall–Kier alpha value is -3.34. The molecule has 1 unspecified atom stereocenters. The van der Waals surface area contributed by atoms with Gasteiger partial charge in [-0.3, -0.25) is 9.59 Å². The minimum atomic E-state index is -0.391. The number of benzene rings is 2. The Kier molecular flexibility index (Phi) is 5.47. The fourth-order valence-electron chi connectivity index (χ4n) is 3.76. The van der Waals surface area contributed by atoms with E-state index in [9.17, 15) is 9.59 Å². The third-order valence-corrected chi connectivity index (χ3v) is 5.39. The van der Waals surface area contributed by atoms with Crippen molar-refractivity contribution >= 4 is 17.5 Å². The van der Waals surface area contributed by atoms with Gasteiger partial charge in [-0.2, -0.15) is 0 Å². The van der Waals surface area contributed by atoms with Crippen LogP contribution in [0, 0.1) is 0 Å². The summed E-state index contributed by atoms with van der Waals surface area (Å²) in [6.45, 7) is 1.98. The lowest BCUT2D eigenvalue weighted by Crippen LogP contribution is -2.28. The van der Waals surface area contributed by atoms with E-state index in [4.69, 9.17) is 4.42 Å². The van der Waals surface area contributed by atoms with E-state index in [1.165, 1.54) is 30.2 Å². The van der Waals surface area contributed by atoms with Crippen LogP contribution in [0.15, 0.2) is 65.3 Å². The first-order chi connectivity index (χ1) is 14.1. The molecule has 1 atom stereocenters. The molecule has 148 valence electrons. The molecule has 0 aliphatic heterocycles. The van der Waals surface area contributed by atoms with Gasteiger partial charge < -0.3 is 15.1 Å². The number of hydrogen-bond acceptors (Lipinski definition) is 3. The van der Waals surface area contributed by atoms with Crippen LogP contribution in [0.3, 0.4) is 0 Å². The van der Waals surface area contributed by atoms with Crippen molar-refractivity contribution in [2.24, 2.45) is 0 Å². The number of rotatable bonds is 5. The van der Waals surface area contributed by atoms with Crippen molar-refractivity contribution in [3.05, 3.63) is 88.9 Å². The molecule has 1 heterocycles. The van der Waals surface area contributed by atoms with E-state index in [2.05, 4.69) is 28.8 Å². The monoisotopic (exact) mass is 388 g/mol. The summed E-state index contributed by atoms with van der Waals surface area (Å²) in [6, 6.07) is 16.6. The maximum absolute atomic E-state index is 12.9. The molecule has 29 heavy (non-hydrogen) atoms. The van der Waals surface area contributed by atoms with Crippen LogP contribution in [0.1, 0.15) is 63.4 Å². The van der Waals surface area contributed by atoms with Crippen LogP contribution in [0.2, 0.25) is 0 Å². The second-order valence-corrected chi connectivity index (χ2v) is 7.41. The Morgan fingerprint density at radius 2 is 1.72 bits per heavy atom. The molecule has 0 saturated heterocycles. The first-order valence-electron chi connectivity index (χ1n) is 9.98. The number of hydrogen-bond donors (Lipinski definition) is 2. The lowest BCUT2D eigenvalue weighted by atomic mass is 9.89. The summed E-state index contributed by atoms with van der Waals surface area (Å²) in [5, 5.41) is 5.81. The van der Waals surface area contributed by atoms with Gasteiger partial charge in [-0.25, -0.2) is 0 Å². The number of furan rings is 1. The standard InChI is InChI=1S/C24H24N2O3/c1-16(18-13-12-17-7-2-3-8-19(17)15-18)25-23(27)20-9-4-5-10-21(20)26-24(28)22-11-6-14-29-22/h4-6,9-16H,2-3,7-8H2,1H3,(H,25,27)(H,26,28). The van der Waals surface area contributed by atoms with Gasteiger partial charge in [0.05, 0.1) is 23.6 Å². The number of carbonyl (C=O) groups is 2. The average molecular weight is 388 g/mol. The molecular weight excluding hydrogens is 364 g/mol. The first kappa shape index (κ1) is 19.0. The smallest absolute Gasteiger partial charge is 0.291 e. The Labute approximate surface area is 170 Å². The van der Waals surface area contributed by atoms with E-state index < -0.39 is 5.91 Å². The topological polar surface area (TPSA) is 71.3 Å². The Morgan fingerprint density at radius 3 is 2.52 bits per heavy atom. The van der Waals surface area contributed by atoms with Gasteiger partial charge in [0, 0.05) is 0 Å². The highest BCUT2D eigenvalue weighted by Crippen LogP contribution is 2.25. The van der Waals surface area contributed by atoms with Crippen molar-refractivity contribution in [2.45, 2.75) is 38.6 Å². The van der Waals surface area contributed by atoms with E-state index in [1.807, 2.05) is 6.92 Å². The van der Waals surface area contributed by atoms with Crippen LogP contribution in [0.5, 0.6) is 0 Å².